The summed E-state index contributed by atoms with van der Waals surface area (Å²) in [6.07, 6.45) is 2.56. The van der Waals surface area contributed by atoms with E-state index in [0.29, 0.717) is 58.8 Å². The van der Waals surface area contributed by atoms with Crippen LogP contribution in [0.2, 0.25) is 16.6 Å². The summed E-state index contributed by atoms with van der Waals surface area (Å²) in [5.41, 5.74) is 5.16. The van der Waals surface area contributed by atoms with Crippen LogP contribution in [0.1, 0.15) is 70.2 Å². The number of nitrogens with one attached hydrogen (secondary N) is 1. The van der Waals surface area contributed by atoms with Gasteiger partial charge in [0.25, 0.3) is 0 Å². The average molecular weight is 735 g/mol. The van der Waals surface area contributed by atoms with Gasteiger partial charge in [-0.3, -0.25) is 9.69 Å². The van der Waals surface area contributed by atoms with Crippen LogP contribution in [0.4, 0.5) is 0 Å². The number of amides is 1. The Kier molecular flexibility index (Phi) is 11.8. The molecule has 0 aromatic heterocycles. The van der Waals surface area contributed by atoms with E-state index in [2.05, 4.69) is 63.9 Å². The molecule has 3 aromatic carbocycles. The first-order valence-corrected chi connectivity index (χ1v) is 21.4. The van der Waals surface area contributed by atoms with E-state index in [1.165, 1.54) is 19.2 Å². The number of ether oxygens (including phenoxy) is 2. The predicted molar refractivity (Wildman–Crippen MR) is 204 cm³/mol. The van der Waals surface area contributed by atoms with Crippen LogP contribution in [0.25, 0.3) is 6.08 Å². The summed E-state index contributed by atoms with van der Waals surface area (Å²) in [7, 11) is -3.36. The summed E-state index contributed by atoms with van der Waals surface area (Å²) in [4.78, 5) is 16.2. The van der Waals surface area contributed by atoms with E-state index >= 15 is 0 Å². The first kappa shape index (κ1) is 38.6. The number of nitrogens with zero attached hydrogens (tertiary/aromatic N) is 1. The summed E-state index contributed by atoms with van der Waals surface area (Å²) < 4.78 is 51.4. The third-order valence-corrected chi connectivity index (χ3v) is 18.1. The van der Waals surface area contributed by atoms with Gasteiger partial charge in [0.2, 0.25) is 5.91 Å². The second-order valence-electron chi connectivity index (χ2n) is 14.8. The molecular formula is C40H54N2O7SSi. The number of carbonyl (C=O) groups excluding carboxylic acids is 1. The number of piperazine rings is 1. The minimum Gasteiger partial charge on any atom is -0.496 e. The van der Waals surface area contributed by atoms with Crippen molar-refractivity contribution in [2.75, 3.05) is 20.8 Å². The van der Waals surface area contributed by atoms with Crippen molar-refractivity contribution in [3.05, 3.63) is 88.6 Å². The van der Waals surface area contributed by atoms with Crippen LogP contribution >= 0.6 is 0 Å². The third kappa shape index (κ3) is 7.63. The molecule has 2 aliphatic heterocycles. The number of carbonyl (C=O) groups is 1. The van der Waals surface area contributed by atoms with Crippen molar-refractivity contribution in [3.63, 3.8) is 0 Å². The normalized spacial score (nSPS) is 20.4. The van der Waals surface area contributed by atoms with E-state index in [1.54, 1.807) is 32.2 Å². The Balaban J connectivity index is 1.61. The van der Waals surface area contributed by atoms with Gasteiger partial charge in [-0.1, -0.05) is 89.6 Å². The molecule has 1 N–H and O–H groups in total. The van der Waals surface area contributed by atoms with Gasteiger partial charge in [-0.05, 0) is 66.7 Å². The first-order valence-electron chi connectivity index (χ1n) is 17.9. The predicted octanol–water partition coefficient (Wildman–Crippen LogP) is 8.01. The maximum Gasteiger partial charge on any atom is 0.339 e. The van der Waals surface area contributed by atoms with Crippen LogP contribution in [0.3, 0.4) is 0 Å². The summed E-state index contributed by atoms with van der Waals surface area (Å²) in [5.74, 6) is 0.723. The fraction of sp³-hybridized carbons (Fsp3) is 0.475. The van der Waals surface area contributed by atoms with Gasteiger partial charge in [0.15, 0.2) is 19.8 Å². The number of aryl methyl sites for hydroxylation is 1. The fourth-order valence-electron chi connectivity index (χ4n) is 8.55. The number of methoxy groups -OCH3 is 2. The Labute approximate surface area is 305 Å². The largest absolute Gasteiger partial charge is 0.496 e. The van der Waals surface area contributed by atoms with Crippen molar-refractivity contribution in [1.29, 1.82) is 0 Å². The number of hydrogen-bond acceptors (Lipinski definition) is 8. The van der Waals surface area contributed by atoms with Gasteiger partial charge in [-0.2, -0.15) is 8.42 Å². The molecule has 2 heterocycles. The summed E-state index contributed by atoms with van der Waals surface area (Å²) in [5, 5.41) is 3.23. The van der Waals surface area contributed by atoms with Crippen LogP contribution in [-0.2, 0) is 25.9 Å². The summed E-state index contributed by atoms with van der Waals surface area (Å²) in [6, 6.07) is 17.8. The smallest absolute Gasteiger partial charge is 0.339 e. The van der Waals surface area contributed by atoms with Crippen molar-refractivity contribution in [1.82, 2.24) is 10.2 Å². The van der Waals surface area contributed by atoms with Crippen LogP contribution in [0, 0.1) is 19.8 Å². The summed E-state index contributed by atoms with van der Waals surface area (Å²) >= 11 is 0. The maximum atomic E-state index is 13.9. The molecule has 0 saturated carbocycles. The van der Waals surface area contributed by atoms with Crippen molar-refractivity contribution in [2.24, 2.45) is 5.92 Å². The van der Waals surface area contributed by atoms with E-state index < -0.39 is 18.4 Å². The van der Waals surface area contributed by atoms with Gasteiger partial charge in [0, 0.05) is 35.9 Å². The molecule has 276 valence electrons. The van der Waals surface area contributed by atoms with Gasteiger partial charge in [0.1, 0.15) is 10.6 Å². The highest BCUT2D eigenvalue weighted by Crippen LogP contribution is 2.47. The maximum absolute atomic E-state index is 13.9. The van der Waals surface area contributed by atoms with Crippen molar-refractivity contribution < 1.29 is 31.3 Å². The molecule has 0 aliphatic carbocycles. The Morgan fingerprint density at radius 2 is 1.51 bits per heavy atom. The molecule has 0 spiro atoms. The van der Waals surface area contributed by atoms with Gasteiger partial charge < -0.3 is 23.4 Å². The lowest BCUT2D eigenvalue weighted by Crippen LogP contribution is -2.54. The number of hydrogen-bond donors (Lipinski definition) is 1. The molecule has 3 atom stereocenters. The van der Waals surface area contributed by atoms with Gasteiger partial charge in [-0.25, -0.2) is 0 Å². The molecule has 51 heavy (non-hydrogen) atoms. The monoisotopic (exact) mass is 734 g/mol. The fourth-order valence-corrected chi connectivity index (χ4v) is 15.0. The van der Waals surface area contributed by atoms with Crippen molar-refractivity contribution >= 4 is 30.4 Å². The summed E-state index contributed by atoms with van der Waals surface area (Å²) in [6.45, 7) is 18.5. The molecule has 3 aromatic rings. The third-order valence-electron chi connectivity index (χ3n) is 10.8. The highest BCUT2D eigenvalue weighted by molar-refractivity contribution is 7.87. The van der Waals surface area contributed by atoms with E-state index in [9.17, 15) is 13.2 Å². The Morgan fingerprint density at radius 1 is 0.902 bits per heavy atom. The molecule has 2 aliphatic rings. The van der Waals surface area contributed by atoms with Gasteiger partial charge >= 0.3 is 10.1 Å². The highest BCUT2D eigenvalue weighted by atomic mass is 32.2. The Morgan fingerprint density at radius 3 is 2.08 bits per heavy atom. The number of benzene rings is 3. The second kappa shape index (κ2) is 15.5. The molecule has 9 nitrogen and oxygen atoms in total. The van der Waals surface area contributed by atoms with Gasteiger partial charge in [0.05, 0.1) is 26.3 Å². The average Bonchev–Trinajstić information content (AvgIpc) is 3.35. The highest BCUT2D eigenvalue weighted by Gasteiger charge is 2.52. The zero-order chi connectivity index (χ0) is 37.2. The zero-order valence-corrected chi connectivity index (χ0v) is 33.5. The molecule has 2 bridgehead atoms. The zero-order valence-electron chi connectivity index (χ0n) is 31.6. The minimum absolute atomic E-state index is 0.0252. The van der Waals surface area contributed by atoms with Gasteiger partial charge in [-0.15, -0.1) is 0 Å². The van der Waals surface area contributed by atoms with E-state index in [1.807, 2.05) is 31.2 Å². The van der Waals surface area contributed by atoms with Crippen LogP contribution in [0.5, 0.6) is 17.2 Å². The lowest BCUT2D eigenvalue weighted by molar-refractivity contribution is -0.127. The molecule has 0 unspecified atom stereocenters. The van der Waals surface area contributed by atoms with E-state index in [4.69, 9.17) is 18.1 Å². The second-order valence-corrected chi connectivity index (χ2v) is 21.8. The molecule has 2 saturated heterocycles. The minimum atomic E-state index is -4.19. The Bertz CT molecular complexity index is 1820. The molecule has 1 amide bonds. The SMILES string of the molecule is COc1c(/C=C2\NC(=O)[C@@H]3C[C@@H](CO[Si](C(C)C)(C(C)C)C(C)C)[C@H]2N3Cc2ccccc2)cc(OS(=O)(=O)c2ccc(C)cc2)c(OC)c1C. The van der Waals surface area contributed by atoms with Crippen molar-refractivity contribution in [3.8, 4) is 17.2 Å². The number of fused-ring (bicyclic) bond motifs is 2. The van der Waals surface area contributed by atoms with Crippen LogP contribution < -0.4 is 19.0 Å². The van der Waals surface area contributed by atoms with Crippen molar-refractivity contribution in [2.45, 2.75) is 102 Å². The van der Waals surface area contributed by atoms with E-state index in [0.717, 1.165) is 11.1 Å². The Hall–Kier alpha value is -3.64. The quantitative estimate of drug-likeness (QED) is 0.131. The molecular weight excluding hydrogens is 681 g/mol. The molecule has 5 rings (SSSR count). The number of rotatable bonds is 14. The first-order chi connectivity index (χ1) is 24.1. The topological polar surface area (TPSA) is 103 Å². The lowest BCUT2D eigenvalue weighted by Gasteiger charge is -2.43. The van der Waals surface area contributed by atoms with Crippen LogP contribution in [0.15, 0.2) is 71.3 Å². The van der Waals surface area contributed by atoms with E-state index in [-0.39, 0.29) is 40.3 Å². The molecule has 2 fully saturated rings. The lowest BCUT2D eigenvalue weighted by atomic mass is 9.96. The standard InChI is InChI=1S/C40H54N2O7SSi/c1-25(2)51(26(3)4,27(5)6)48-24-32-21-35-40(43)41-34(37(32)42(35)23-30-14-12-11-13-15-30)20-31-22-36(39(47-10)29(8)38(31)46-9)49-50(44,45)33-18-16-28(7)17-19-33/h11-20,22,25-27,32,35,37H,21,23-24H2,1-10H3,(H,41,43)/b34-20-/t32-,35-,37+/m0/s1. The molecule has 0 radical (unpaired) electrons. The van der Waals surface area contributed by atoms with Crippen LogP contribution in [-0.4, -0.2) is 60.5 Å². The molecule has 11 heteroatoms.